The molecule has 96 valence electrons. The second kappa shape index (κ2) is 5.27. The van der Waals surface area contributed by atoms with Gasteiger partial charge in [0.2, 0.25) is 0 Å². The summed E-state index contributed by atoms with van der Waals surface area (Å²) in [5.41, 5.74) is 0.649. The molecule has 1 saturated carbocycles. The third-order valence-corrected chi connectivity index (χ3v) is 3.96. The first-order valence-corrected chi connectivity index (χ1v) is 6.65. The first-order chi connectivity index (χ1) is 7.77. The molecule has 0 aromatic rings. The lowest BCUT2D eigenvalue weighted by Gasteiger charge is -2.39. The van der Waals surface area contributed by atoms with Crippen LogP contribution in [0.15, 0.2) is 11.6 Å². The van der Waals surface area contributed by atoms with Gasteiger partial charge in [0, 0.05) is 0 Å². The second-order valence-electron chi connectivity index (χ2n) is 6.39. The van der Waals surface area contributed by atoms with Gasteiger partial charge in [-0.1, -0.05) is 38.7 Å². The van der Waals surface area contributed by atoms with Crippen LogP contribution in [0.1, 0.15) is 60.3 Å². The summed E-state index contributed by atoms with van der Waals surface area (Å²) in [6, 6.07) is 0. The van der Waals surface area contributed by atoms with E-state index in [1.807, 2.05) is 19.9 Å². The van der Waals surface area contributed by atoms with Crippen LogP contribution < -0.4 is 0 Å². The minimum absolute atomic E-state index is 0.355. The number of hydrogen-bond acceptors (Lipinski definition) is 1. The molecular formula is C16H26O. The van der Waals surface area contributed by atoms with Gasteiger partial charge in [-0.05, 0) is 56.4 Å². The van der Waals surface area contributed by atoms with Crippen LogP contribution in [0.2, 0.25) is 0 Å². The summed E-state index contributed by atoms with van der Waals surface area (Å²) in [5, 5.41) is 10.4. The van der Waals surface area contributed by atoms with Gasteiger partial charge >= 0.3 is 0 Å². The van der Waals surface area contributed by atoms with Gasteiger partial charge in [-0.3, -0.25) is 0 Å². The summed E-state index contributed by atoms with van der Waals surface area (Å²) >= 11 is 0. The van der Waals surface area contributed by atoms with E-state index in [2.05, 4.69) is 32.6 Å². The fraction of sp³-hybridized carbons (Fsp3) is 0.750. The van der Waals surface area contributed by atoms with Crippen molar-refractivity contribution in [3.63, 3.8) is 0 Å². The van der Waals surface area contributed by atoms with Crippen molar-refractivity contribution in [1.29, 1.82) is 0 Å². The molecule has 0 atom stereocenters. The quantitative estimate of drug-likeness (QED) is 0.630. The molecule has 0 amide bonds. The normalized spacial score (nSPS) is 30.7. The Morgan fingerprint density at radius 2 is 1.82 bits per heavy atom. The highest BCUT2D eigenvalue weighted by Gasteiger charge is 2.36. The molecule has 0 spiro atoms. The standard InChI is InChI=1S/C16H26O/c1-6-13(2)7-10-16(17)11-8-14(9-12-16)15(3,4)5/h6,14,17H,8-9,11-12H2,1-5H3/b13-6-. The number of rotatable bonds is 0. The minimum atomic E-state index is -0.744. The Hall–Kier alpha value is -0.740. The van der Waals surface area contributed by atoms with Crippen molar-refractivity contribution in [1.82, 2.24) is 0 Å². The van der Waals surface area contributed by atoms with E-state index in [0.717, 1.165) is 31.3 Å². The number of allylic oxidation sites excluding steroid dienone is 2. The fourth-order valence-corrected chi connectivity index (χ4v) is 2.37. The molecule has 1 aliphatic carbocycles. The highest BCUT2D eigenvalue weighted by molar-refractivity contribution is 5.30. The smallest absolute Gasteiger partial charge is 0.125 e. The maximum atomic E-state index is 10.4. The van der Waals surface area contributed by atoms with Crippen LogP contribution >= 0.6 is 0 Å². The van der Waals surface area contributed by atoms with E-state index in [1.165, 1.54) is 0 Å². The van der Waals surface area contributed by atoms with E-state index in [4.69, 9.17) is 0 Å². The largest absolute Gasteiger partial charge is 0.378 e. The molecule has 0 radical (unpaired) electrons. The summed E-state index contributed by atoms with van der Waals surface area (Å²) in [5.74, 6) is 6.83. The molecule has 17 heavy (non-hydrogen) atoms. The molecule has 0 aromatic heterocycles. The molecule has 0 unspecified atom stereocenters. The summed E-state index contributed by atoms with van der Waals surface area (Å²) < 4.78 is 0. The average Bonchev–Trinajstić information content (AvgIpc) is 2.25. The predicted molar refractivity (Wildman–Crippen MR) is 73.6 cm³/mol. The van der Waals surface area contributed by atoms with Gasteiger partial charge in [0.25, 0.3) is 0 Å². The van der Waals surface area contributed by atoms with Crippen LogP contribution in [-0.4, -0.2) is 10.7 Å². The maximum absolute atomic E-state index is 10.4. The van der Waals surface area contributed by atoms with Crippen LogP contribution in [0.5, 0.6) is 0 Å². The fourth-order valence-electron chi connectivity index (χ4n) is 2.37. The minimum Gasteiger partial charge on any atom is -0.378 e. The monoisotopic (exact) mass is 234 g/mol. The molecule has 0 heterocycles. The summed E-state index contributed by atoms with van der Waals surface area (Å²) in [6.07, 6.45) is 5.79. The highest BCUT2D eigenvalue weighted by atomic mass is 16.3. The van der Waals surface area contributed by atoms with Crippen molar-refractivity contribution in [2.75, 3.05) is 0 Å². The molecule has 0 aliphatic heterocycles. The van der Waals surface area contributed by atoms with Crippen LogP contribution in [-0.2, 0) is 0 Å². The van der Waals surface area contributed by atoms with Gasteiger partial charge in [-0.25, -0.2) is 0 Å². The average molecular weight is 234 g/mol. The molecule has 1 nitrogen and oxygen atoms in total. The lowest BCUT2D eigenvalue weighted by molar-refractivity contribution is 0.0213. The Bertz CT molecular complexity index is 338. The Morgan fingerprint density at radius 3 is 2.24 bits per heavy atom. The van der Waals surface area contributed by atoms with E-state index >= 15 is 0 Å². The van der Waals surface area contributed by atoms with Crippen molar-refractivity contribution >= 4 is 0 Å². The molecule has 1 aliphatic rings. The molecule has 1 fully saturated rings. The first-order valence-electron chi connectivity index (χ1n) is 6.65. The summed E-state index contributed by atoms with van der Waals surface area (Å²) in [6.45, 7) is 10.8. The predicted octanol–water partition coefficient (Wildman–Crippen LogP) is 3.92. The molecule has 1 heteroatoms. The van der Waals surface area contributed by atoms with Crippen LogP contribution in [0.4, 0.5) is 0 Å². The number of hydrogen-bond donors (Lipinski definition) is 1. The van der Waals surface area contributed by atoms with Crippen molar-refractivity contribution in [3.05, 3.63) is 11.6 Å². The van der Waals surface area contributed by atoms with Gasteiger partial charge < -0.3 is 5.11 Å². The van der Waals surface area contributed by atoms with Gasteiger partial charge in [0.05, 0.1) is 0 Å². The molecule has 0 saturated heterocycles. The van der Waals surface area contributed by atoms with Crippen LogP contribution in [0.25, 0.3) is 0 Å². The Balaban J connectivity index is 2.64. The highest BCUT2D eigenvalue weighted by Crippen LogP contribution is 2.41. The first kappa shape index (κ1) is 14.3. The van der Waals surface area contributed by atoms with Crippen LogP contribution in [0.3, 0.4) is 0 Å². The van der Waals surface area contributed by atoms with Gasteiger partial charge in [0.1, 0.15) is 5.60 Å². The molecule has 0 aromatic carbocycles. The second-order valence-corrected chi connectivity index (χ2v) is 6.39. The third-order valence-electron chi connectivity index (χ3n) is 3.96. The van der Waals surface area contributed by atoms with Crippen molar-refractivity contribution < 1.29 is 5.11 Å². The van der Waals surface area contributed by atoms with E-state index in [1.54, 1.807) is 0 Å². The number of aliphatic hydroxyl groups is 1. The zero-order valence-electron chi connectivity index (χ0n) is 11.9. The lowest BCUT2D eigenvalue weighted by Crippen LogP contribution is -2.36. The van der Waals surface area contributed by atoms with Crippen LogP contribution in [0, 0.1) is 23.2 Å². The van der Waals surface area contributed by atoms with E-state index < -0.39 is 5.60 Å². The van der Waals surface area contributed by atoms with E-state index in [9.17, 15) is 5.11 Å². The van der Waals surface area contributed by atoms with Crippen molar-refractivity contribution in [2.24, 2.45) is 11.3 Å². The van der Waals surface area contributed by atoms with Gasteiger partial charge in [-0.2, -0.15) is 0 Å². The Kier molecular flexibility index (Phi) is 4.44. The van der Waals surface area contributed by atoms with E-state index in [0.29, 0.717) is 11.3 Å². The molecule has 0 bridgehead atoms. The van der Waals surface area contributed by atoms with E-state index in [-0.39, 0.29) is 0 Å². The van der Waals surface area contributed by atoms with Gasteiger partial charge in [-0.15, -0.1) is 0 Å². The topological polar surface area (TPSA) is 20.2 Å². The van der Waals surface area contributed by atoms with Gasteiger partial charge in [0.15, 0.2) is 0 Å². The van der Waals surface area contributed by atoms with Crippen molar-refractivity contribution in [2.45, 2.75) is 65.9 Å². The molecule has 1 rings (SSSR count). The third kappa shape index (κ3) is 4.21. The Morgan fingerprint density at radius 1 is 1.29 bits per heavy atom. The molecular weight excluding hydrogens is 208 g/mol. The summed E-state index contributed by atoms with van der Waals surface area (Å²) in [4.78, 5) is 0. The SMILES string of the molecule is C/C=C(/C)C#CC1(O)CCC(C(C)(C)C)CC1. The lowest BCUT2D eigenvalue weighted by atomic mass is 9.68. The summed E-state index contributed by atoms with van der Waals surface area (Å²) in [7, 11) is 0. The Labute approximate surface area is 106 Å². The molecule has 1 N–H and O–H groups in total. The van der Waals surface area contributed by atoms with Crippen molar-refractivity contribution in [3.8, 4) is 11.8 Å². The maximum Gasteiger partial charge on any atom is 0.125 e. The zero-order valence-corrected chi connectivity index (χ0v) is 11.9. The zero-order chi connectivity index (χ0) is 13.1.